The number of fused-ring (bicyclic) bond motifs is 1. The van der Waals surface area contributed by atoms with Crippen molar-refractivity contribution in [2.45, 2.75) is 38.8 Å². The van der Waals surface area contributed by atoms with Crippen molar-refractivity contribution in [1.82, 2.24) is 9.78 Å². The molecule has 0 fully saturated rings. The third-order valence-corrected chi connectivity index (χ3v) is 5.82. The zero-order chi connectivity index (χ0) is 19.7. The molecule has 3 aromatic rings. The number of carbonyl (C=O) groups is 1. The second-order valence-electron chi connectivity index (χ2n) is 6.65. The Kier molecular flexibility index (Phi) is 5.13. The molecule has 0 saturated carbocycles. The summed E-state index contributed by atoms with van der Waals surface area (Å²) < 4.78 is 31.6. The SMILES string of the molecule is Cc1cc(OC(F)F)c(C(=O)Nc2ccnn2C2CCCc3ccccc32)s1. The van der Waals surface area contributed by atoms with E-state index in [4.69, 9.17) is 0 Å². The molecule has 0 aliphatic heterocycles. The molecule has 1 N–H and O–H groups in total. The molecule has 1 amide bonds. The van der Waals surface area contributed by atoms with Gasteiger partial charge in [0.25, 0.3) is 5.91 Å². The number of anilines is 1. The van der Waals surface area contributed by atoms with Crippen molar-refractivity contribution >= 4 is 23.1 Å². The molecule has 4 rings (SSSR count). The Morgan fingerprint density at radius 1 is 1.36 bits per heavy atom. The van der Waals surface area contributed by atoms with Crippen LogP contribution in [0.5, 0.6) is 5.75 Å². The van der Waals surface area contributed by atoms with Crippen molar-refractivity contribution in [3.05, 3.63) is 63.5 Å². The summed E-state index contributed by atoms with van der Waals surface area (Å²) in [6.45, 7) is -1.24. The van der Waals surface area contributed by atoms with E-state index in [0.717, 1.165) is 35.5 Å². The van der Waals surface area contributed by atoms with Crippen LogP contribution >= 0.6 is 11.3 Å². The van der Waals surface area contributed by atoms with Gasteiger partial charge in [0.1, 0.15) is 16.4 Å². The van der Waals surface area contributed by atoms with E-state index in [1.54, 1.807) is 23.9 Å². The summed E-state index contributed by atoms with van der Waals surface area (Å²) in [6.07, 6.45) is 4.60. The van der Waals surface area contributed by atoms with Crippen LogP contribution in [0.2, 0.25) is 0 Å². The lowest BCUT2D eigenvalue weighted by molar-refractivity contribution is -0.0498. The second kappa shape index (κ2) is 7.71. The third kappa shape index (κ3) is 3.64. The standard InChI is InChI=1S/C20H19F2N3O2S/c1-12-11-16(27-20(21)22)18(28-12)19(26)24-17-9-10-23-25(17)15-8-4-6-13-5-2-3-7-14(13)15/h2-3,5,7,9-11,15,20H,4,6,8H2,1H3,(H,24,26). The van der Waals surface area contributed by atoms with Crippen LogP contribution < -0.4 is 10.1 Å². The average molecular weight is 403 g/mol. The number of aryl methyl sites for hydroxylation is 2. The highest BCUT2D eigenvalue weighted by Crippen LogP contribution is 2.35. The molecule has 1 atom stereocenters. The van der Waals surface area contributed by atoms with Gasteiger partial charge < -0.3 is 10.1 Å². The Labute approximate surface area is 164 Å². The van der Waals surface area contributed by atoms with Gasteiger partial charge in [0.05, 0.1) is 12.2 Å². The van der Waals surface area contributed by atoms with Gasteiger partial charge in [-0.25, -0.2) is 4.68 Å². The van der Waals surface area contributed by atoms with Crippen molar-refractivity contribution in [2.24, 2.45) is 0 Å². The number of carbonyl (C=O) groups excluding carboxylic acids is 1. The molecule has 2 heterocycles. The van der Waals surface area contributed by atoms with Gasteiger partial charge in [-0.05, 0) is 43.4 Å². The maximum atomic E-state index is 12.7. The highest BCUT2D eigenvalue weighted by molar-refractivity contribution is 7.14. The molecule has 146 valence electrons. The van der Waals surface area contributed by atoms with Crippen molar-refractivity contribution in [3.63, 3.8) is 0 Å². The fraction of sp³-hybridized carbons (Fsp3) is 0.300. The highest BCUT2D eigenvalue weighted by Gasteiger charge is 2.25. The van der Waals surface area contributed by atoms with Gasteiger partial charge in [-0.3, -0.25) is 4.79 Å². The smallest absolute Gasteiger partial charge is 0.387 e. The molecule has 2 aromatic heterocycles. The number of hydrogen-bond donors (Lipinski definition) is 1. The van der Waals surface area contributed by atoms with Gasteiger partial charge in [0.15, 0.2) is 0 Å². The molecular weight excluding hydrogens is 384 g/mol. The quantitative estimate of drug-likeness (QED) is 0.650. The first-order valence-corrected chi connectivity index (χ1v) is 9.82. The van der Waals surface area contributed by atoms with Crippen LogP contribution in [0.4, 0.5) is 14.6 Å². The van der Waals surface area contributed by atoms with E-state index >= 15 is 0 Å². The third-order valence-electron chi connectivity index (χ3n) is 4.79. The Balaban J connectivity index is 1.61. The molecule has 28 heavy (non-hydrogen) atoms. The number of nitrogens with one attached hydrogen (secondary N) is 1. The van der Waals surface area contributed by atoms with Gasteiger partial charge in [0, 0.05) is 10.9 Å². The Bertz CT molecular complexity index is 999. The zero-order valence-corrected chi connectivity index (χ0v) is 16.0. The first kappa shape index (κ1) is 18.6. The number of benzene rings is 1. The predicted octanol–water partition coefficient (Wildman–Crippen LogP) is 5.03. The van der Waals surface area contributed by atoms with Crippen molar-refractivity contribution in [1.29, 1.82) is 0 Å². The topological polar surface area (TPSA) is 56.1 Å². The number of nitrogens with zero attached hydrogens (tertiary/aromatic N) is 2. The van der Waals surface area contributed by atoms with Crippen LogP contribution in [0.15, 0.2) is 42.6 Å². The first-order valence-electron chi connectivity index (χ1n) is 9.01. The highest BCUT2D eigenvalue weighted by atomic mass is 32.1. The van der Waals surface area contributed by atoms with Gasteiger partial charge in [-0.1, -0.05) is 24.3 Å². The summed E-state index contributed by atoms with van der Waals surface area (Å²) >= 11 is 1.12. The number of alkyl halides is 2. The molecule has 1 unspecified atom stereocenters. The molecule has 0 bridgehead atoms. The Morgan fingerprint density at radius 2 is 2.18 bits per heavy atom. The van der Waals surface area contributed by atoms with Crippen LogP contribution in [0, 0.1) is 6.92 Å². The second-order valence-corrected chi connectivity index (χ2v) is 7.91. The largest absolute Gasteiger partial charge is 0.433 e. The van der Waals surface area contributed by atoms with Gasteiger partial charge in [-0.2, -0.15) is 13.9 Å². The maximum absolute atomic E-state index is 12.7. The van der Waals surface area contributed by atoms with E-state index in [1.165, 1.54) is 17.2 Å². The van der Waals surface area contributed by atoms with E-state index in [1.807, 2.05) is 12.1 Å². The molecule has 1 aliphatic carbocycles. The molecule has 5 nitrogen and oxygen atoms in total. The molecule has 8 heteroatoms. The fourth-order valence-electron chi connectivity index (χ4n) is 3.65. The maximum Gasteiger partial charge on any atom is 0.387 e. The molecule has 0 spiro atoms. The van der Waals surface area contributed by atoms with Crippen LogP contribution in [-0.2, 0) is 6.42 Å². The summed E-state index contributed by atoms with van der Waals surface area (Å²) in [4.78, 5) is 13.6. The summed E-state index contributed by atoms with van der Waals surface area (Å²) in [5.74, 6) is -0.0653. The predicted molar refractivity (Wildman–Crippen MR) is 103 cm³/mol. The fourth-order valence-corrected chi connectivity index (χ4v) is 4.49. The van der Waals surface area contributed by atoms with Crippen molar-refractivity contribution in [3.8, 4) is 5.75 Å². The molecule has 1 aliphatic rings. The number of rotatable bonds is 5. The minimum Gasteiger partial charge on any atom is -0.433 e. The van der Waals surface area contributed by atoms with Crippen molar-refractivity contribution < 1.29 is 18.3 Å². The van der Waals surface area contributed by atoms with E-state index in [-0.39, 0.29) is 16.7 Å². The monoisotopic (exact) mass is 403 g/mol. The first-order chi connectivity index (χ1) is 13.5. The molecular formula is C20H19F2N3O2S. The lowest BCUT2D eigenvalue weighted by Gasteiger charge is -2.27. The minimum absolute atomic E-state index is 0.0251. The number of ether oxygens (including phenoxy) is 1. The normalized spacial score (nSPS) is 16.1. The van der Waals surface area contributed by atoms with Gasteiger partial charge in [0.2, 0.25) is 0 Å². The summed E-state index contributed by atoms with van der Waals surface area (Å²) in [6, 6.07) is 11.4. The summed E-state index contributed by atoms with van der Waals surface area (Å²) in [7, 11) is 0. The Morgan fingerprint density at radius 3 is 3.00 bits per heavy atom. The number of aromatic nitrogens is 2. The number of hydrogen-bond acceptors (Lipinski definition) is 4. The van der Waals surface area contributed by atoms with E-state index in [2.05, 4.69) is 27.3 Å². The van der Waals surface area contributed by atoms with Gasteiger partial charge in [-0.15, -0.1) is 11.3 Å². The molecule has 0 radical (unpaired) electrons. The van der Waals surface area contributed by atoms with Crippen LogP contribution in [0.25, 0.3) is 0 Å². The van der Waals surface area contributed by atoms with Crippen LogP contribution in [-0.4, -0.2) is 22.3 Å². The van der Waals surface area contributed by atoms with Crippen LogP contribution in [0.3, 0.4) is 0 Å². The summed E-state index contributed by atoms with van der Waals surface area (Å²) in [5, 5.41) is 7.22. The number of amides is 1. The van der Waals surface area contributed by atoms with Crippen LogP contribution in [0.1, 0.15) is 44.6 Å². The Hall–Kier alpha value is -2.74. The van der Waals surface area contributed by atoms with E-state index in [0.29, 0.717) is 5.82 Å². The molecule has 0 saturated heterocycles. The van der Waals surface area contributed by atoms with E-state index < -0.39 is 12.5 Å². The summed E-state index contributed by atoms with van der Waals surface area (Å²) in [5.41, 5.74) is 2.48. The van der Waals surface area contributed by atoms with Gasteiger partial charge >= 0.3 is 6.61 Å². The molecule has 1 aromatic carbocycles. The number of thiophene rings is 1. The minimum atomic E-state index is -2.98. The van der Waals surface area contributed by atoms with Crippen molar-refractivity contribution in [2.75, 3.05) is 5.32 Å². The average Bonchev–Trinajstić information content (AvgIpc) is 3.27. The lowest BCUT2D eigenvalue weighted by atomic mass is 9.88. The number of halogens is 2. The lowest BCUT2D eigenvalue weighted by Crippen LogP contribution is -2.22. The zero-order valence-electron chi connectivity index (χ0n) is 15.2. The van der Waals surface area contributed by atoms with E-state index in [9.17, 15) is 13.6 Å².